The predicted molar refractivity (Wildman–Crippen MR) is 92.0 cm³/mol. The zero-order valence-electron chi connectivity index (χ0n) is 13.8. The van der Waals surface area contributed by atoms with Gasteiger partial charge in [-0.1, -0.05) is 23.7 Å². The highest BCUT2D eigenvalue weighted by Gasteiger charge is 2.18. The molecule has 2 rings (SSSR count). The number of hydrogen-bond donors (Lipinski definition) is 2. The van der Waals surface area contributed by atoms with Gasteiger partial charge in [-0.3, -0.25) is 0 Å². The zero-order chi connectivity index (χ0) is 17.7. The molecular weight excluding hydrogens is 330 g/mol. The summed E-state index contributed by atoms with van der Waals surface area (Å²) in [7, 11) is 0. The van der Waals surface area contributed by atoms with Gasteiger partial charge in [0.25, 0.3) is 0 Å². The number of carbonyl (C=O) groups excluding carboxylic acids is 1. The highest BCUT2D eigenvalue weighted by molar-refractivity contribution is 6.30. The van der Waals surface area contributed by atoms with E-state index in [-0.39, 0.29) is 24.0 Å². The number of rotatable bonds is 6. The van der Waals surface area contributed by atoms with Gasteiger partial charge in [-0.25, -0.2) is 14.8 Å². The Labute approximate surface area is 145 Å². The van der Waals surface area contributed by atoms with E-state index in [4.69, 9.17) is 16.3 Å². The molecule has 2 aromatic rings. The van der Waals surface area contributed by atoms with Crippen molar-refractivity contribution >= 4 is 23.3 Å². The summed E-state index contributed by atoms with van der Waals surface area (Å²) in [4.78, 5) is 19.8. The fourth-order valence-corrected chi connectivity index (χ4v) is 2.31. The summed E-state index contributed by atoms with van der Waals surface area (Å²) in [5, 5.41) is 13.3. The van der Waals surface area contributed by atoms with Crippen molar-refractivity contribution in [1.29, 1.82) is 0 Å². The molecule has 0 atom stereocenters. The fraction of sp³-hybridized carbons (Fsp3) is 0.353. The van der Waals surface area contributed by atoms with Crippen molar-refractivity contribution in [3.63, 3.8) is 0 Å². The lowest BCUT2D eigenvalue weighted by atomic mass is 9.98. The first-order chi connectivity index (χ1) is 11.3. The van der Waals surface area contributed by atoms with Crippen molar-refractivity contribution in [2.45, 2.75) is 32.9 Å². The molecule has 0 radical (unpaired) electrons. The number of hydrogen-bond acceptors (Lipinski definition) is 6. The van der Waals surface area contributed by atoms with E-state index in [2.05, 4.69) is 15.3 Å². The van der Waals surface area contributed by atoms with E-state index in [0.717, 1.165) is 11.3 Å². The van der Waals surface area contributed by atoms with Crippen LogP contribution in [0.5, 0.6) is 0 Å². The average molecular weight is 350 g/mol. The highest BCUT2D eigenvalue weighted by atomic mass is 35.5. The van der Waals surface area contributed by atoms with Crippen LogP contribution < -0.4 is 5.32 Å². The van der Waals surface area contributed by atoms with Crippen LogP contribution in [0.25, 0.3) is 0 Å². The number of halogens is 1. The molecule has 0 aliphatic heterocycles. The second kappa shape index (κ2) is 7.59. The van der Waals surface area contributed by atoms with Gasteiger partial charge in [-0.15, -0.1) is 0 Å². The minimum atomic E-state index is -0.897. The third-order valence-corrected chi connectivity index (χ3v) is 3.75. The van der Waals surface area contributed by atoms with E-state index >= 15 is 0 Å². The van der Waals surface area contributed by atoms with E-state index in [1.54, 1.807) is 20.8 Å². The van der Waals surface area contributed by atoms with Crippen LogP contribution in [0.1, 0.15) is 42.4 Å². The summed E-state index contributed by atoms with van der Waals surface area (Å²) in [5.41, 5.74) is 1.35. The number of aliphatic hydroxyl groups is 1. The van der Waals surface area contributed by atoms with E-state index < -0.39 is 11.6 Å². The molecule has 0 aliphatic carbocycles. The average Bonchev–Trinajstić information content (AvgIpc) is 2.53. The van der Waals surface area contributed by atoms with Crippen LogP contribution in [0.4, 0.5) is 5.69 Å². The molecule has 0 unspecified atom stereocenters. The maximum atomic E-state index is 12.0. The molecule has 0 amide bonds. The first kappa shape index (κ1) is 18.2. The monoisotopic (exact) mass is 349 g/mol. The Morgan fingerprint density at radius 1 is 1.29 bits per heavy atom. The molecule has 2 N–H and O–H groups in total. The van der Waals surface area contributed by atoms with Crippen molar-refractivity contribution in [2.24, 2.45) is 0 Å². The highest BCUT2D eigenvalue weighted by Crippen LogP contribution is 2.23. The Hall–Kier alpha value is -2.18. The molecule has 6 nitrogen and oxygen atoms in total. The van der Waals surface area contributed by atoms with Crippen molar-refractivity contribution in [3.8, 4) is 0 Å². The van der Waals surface area contributed by atoms with Gasteiger partial charge in [-0.05, 0) is 38.5 Å². The minimum Gasteiger partial charge on any atom is -0.461 e. The maximum Gasteiger partial charge on any atom is 0.357 e. The van der Waals surface area contributed by atoms with Gasteiger partial charge < -0.3 is 15.2 Å². The fourth-order valence-electron chi connectivity index (χ4n) is 2.11. The largest absolute Gasteiger partial charge is 0.461 e. The van der Waals surface area contributed by atoms with Crippen LogP contribution in [0, 0.1) is 0 Å². The van der Waals surface area contributed by atoms with Gasteiger partial charge in [0.1, 0.15) is 11.5 Å². The van der Waals surface area contributed by atoms with Crippen LogP contribution in [0.2, 0.25) is 5.15 Å². The number of esters is 1. The number of ether oxygens (including phenoxy) is 1. The smallest absolute Gasteiger partial charge is 0.357 e. The molecule has 0 saturated heterocycles. The first-order valence-corrected chi connectivity index (χ1v) is 7.94. The zero-order valence-corrected chi connectivity index (χ0v) is 14.6. The van der Waals surface area contributed by atoms with Gasteiger partial charge in [0.15, 0.2) is 5.69 Å². The van der Waals surface area contributed by atoms with Gasteiger partial charge in [0.05, 0.1) is 12.2 Å². The van der Waals surface area contributed by atoms with Crippen molar-refractivity contribution < 1.29 is 14.6 Å². The lowest BCUT2D eigenvalue weighted by Gasteiger charge is -2.18. The third kappa shape index (κ3) is 4.43. The standard InChI is InChI=1S/C17H20ClN3O3/c1-4-24-16(22)14-13(15(18)21-10-20-14)9-19-12-7-5-11(6-8-12)17(2,3)23/h5-8,10,19,23H,4,9H2,1-3H3. The lowest BCUT2D eigenvalue weighted by Crippen LogP contribution is -2.15. The summed E-state index contributed by atoms with van der Waals surface area (Å²) >= 11 is 6.09. The second-order valence-electron chi connectivity index (χ2n) is 5.70. The summed E-state index contributed by atoms with van der Waals surface area (Å²) in [6, 6.07) is 7.35. The van der Waals surface area contributed by atoms with E-state index in [9.17, 15) is 9.90 Å². The van der Waals surface area contributed by atoms with Gasteiger partial charge in [-0.2, -0.15) is 0 Å². The Bertz CT molecular complexity index is 712. The molecular formula is C17H20ClN3O3. The van der Waals surface area contributed by atoms with Gasteiger partial charge in [0, 0.05) is 17.8 Å². The SMILES string of the molecule is CCOC(=O)c1ncnc(Cl)c1CNc1ccc(C(C)(C)O)cc1. The molecule has 7 heteroatoms. The molecule has 1 aromatic carbocycles. The topological polar surface area (TPSA) is 84.3 Å². The van der Waals surface area contributed by atoms with E-state index in [1.807, 2.05) is 24.3 Å². The van der Waals surface area contributed by atoms with E-state index in [1.165, 1.54) is 6.33 Å². The summed E-state index contributed by atoms with van der Waals surface area (Å²) < 4.78 is 4.99. The van der Waals surface area contributed by atoms with Crippen LogP contribution in [-0.4, -0.2) is 27.7 Å². The first-order valence-electron chi connectivity index (χ1n) is 7.56. The van der Waals surface area contributed by atoms with Crippen molar-refractivity contribution in [3.05, 3.63) is 52.6 Å². The summed E-state index contributed by atoms with van der Waals surface area (Å²) in [6.45, 7) is 5.70. The summed E-state index contributed by atoms with van der Waals surface area (Å²) in [6.07, 6.45) is 1.23. The lowest BCUT2D eigenvalue weighted by molar-refractivity contribution is 0.0517. The predicted octanol–water partition coefficient (Wildman–Crippen LogP) is 3.15. The Morgan fingerprint density at radius 3 is 2.54 bits per heavy atom. The number of nitrogens with zero attached hydrogens (tertiary/aromatic N) is 2. The number of carbonyl (C=O) groups is 1. The Balaban J connectivity index is 2.16. The number of aromatic nitrogens is 2. The quantitative estimate of drug-likeness (QED) is 0.615. The molecule has 0 aliphatic rings. The van der Waals surface area contributed by atoms with Crippen molar-refractivity contribution in [2.75, 3.05) is 11.9 Å². The Kier molecular flexibility index (Phi) is 5.75. The molecule has 1 heterocycles. The van der Waals surface area contributed by atoms with Crippen molar-refractivity contribution in [1.82, 2.24) is 9.97 Å². The Morgan fingerprint density at radius 2 is 1.96 bits per heavy atom. The van der Waals surface area contributed by atoms with Crippen LogP contribution >= 0.6 is 11.6 Å². The van der Waals surface area contributed by atoms with Gasteiger partial charge in [0.2, 0.25) is 0 Å². The third-order valence-electron chi connectivity index (χ3n) is 3.42. The number of anilines is 1. The molecule has 1 aromatic heterocycles. The number of nitrogens with one attached hydrogen (secondary N) is 1. The number of benzene rings is 1. The molecule has 24 heavy (non-hydrogen) atoms. The molecule has 0 bridgehead atoms. The van der Waals surface area contributed by atoms with Crippen LogP contribution in [-0.2, 0) is 16.9 Å². The molecule has 0 saturated carbocycles. The van der Waals surface area contributed by atoms with E-state index in [0.29, 0.717) is 5.56 Å². The van der Waals surface area contributed by atoms with Gasteiger partial charge >= 0.3 is 5.97 Å². The molecule has 128 valence electrons. The molecule has 0 spiro atoms. The second-order valence-corrected chi connectivity index (χ2v) is 6.06. The van der Waals surface area contributed by atoms with Crippen LogP contribution in [0.3, 0.4) is 0 Å². The normalized spacial score (nSPS) is 11.2. The minimum absolute atomic E-state index is 0.150. The summed E-state index contributed by atoms with van der Waals surface area (Å²) in [5.74, 6) is -0.532. The maximum absolute atomic E-state index is 12.0. The van der Waals surface area contributed by atoms with Crippen LogP contribution in [0.15, 0.2) is 30.6 Å². The molecule has 0 fully saturated rings.